The first kappa shape index (κ1) is 9.99. The van der Waals surface area contributed by atoms with Crippen LogP contribution in [0.15, 0.2) is 9.98 Å². The molecule has 4 heteroatoms. The van der Waals surface area contributed by atoms with Crippen LogP contribution < -0.4 is 4.74 Å². The summed E-state index contributed by atoms with van der Waals surface area (Å²) in [7, 11) is 0. The number of halogens is 1. The lowest BCUT2D eigenvalue weighted by atomic mass is 10.1. The van der Waals surface area contributed by atoms with Crippen LogP contribution in [-0.4, -0.2) is 11.6 Å². The number of rotatable bonds is 4. The van der Waals surface area contributed by atoms with Crippen LogP contribution in [0.2, 0.25) is 0 Å². The van der Waals surface area contributed by atoms with Crippen LogP contribution in [0, 0.1) is 5.92 Å². The predicted molar refractivity (Wildman–Crippen MR) is 54.8 cm³/mol. The van der Waals surface area contributed by atoms with E-state index in [9.17, 15) is 0 Å². The highest BCUT2D eigenvalue weighted by Gasteiger charge is 2.00. The molecule has 0 amide bonds. The number of hydrogen-bond donors (Lipinski definition) is 0. The molecular formula is C8H12BrNOS. The molecule has 0 saturated heterocycles. The summed E-state index contributed by atoms with van der Waals surface area (Å²) < 4.78 is 6.27. The summed E-state index contributed by atoms with van der Waals surface area (Å²) in [6, 6.07) is 0. The Morgan fingerprint density at radius 1 is 1.67 bits per heavy atom. The van der Waals surface area contributed by atoms with E-state index in [0.29, 0.717) is 5.92 Å². The molecule has 0 atom stereocenters. The van der Waals surface area contributed by atoms with Crippen molar-refractivity contribution in [2.24, 2.45) is 5.92 Å². The molecule has 0 aliphatic rings. The highest BCUT2D eigenvalue weighted by atomic mass is 79.9. The minimum atomic E-state index is 0.688. The maximum Gasteiger partial charge on any atom is 0.274 e. The lowest BCUT2D eigenvalue weighted by Gasteiger charge is -2.03. The Labute approximate surface area is 85.1 Å². The van der Waals surface area contributed by atoms with Crippen molar-refractivity contribution in [1.29, 1.82) is 0 Å². The zero-order chi connectivity index (χ0) is 8.97. The van der Waals surface area contributed by atoms with Gasteiger partial charge in [-0.15, -0.1) is 0 Å². The summed E-state index contributed by atoms with van der Waals surface area (Å²) in [5.74, 6) is 0.688. The van der Waals surface area contributed by atoms with Gasteiger partial charge in [0.05, 0.1) is 6.61 Å². The average molecular weight is 250 g/mol. The van der Waals surface area contributed by atoms with E-state index >= 15 is 0 Å². The second kappa shape index (κ2) is 4.82. The molecule has 0 spiro atoms. The molecule has 0 aliphatic carbocycles. The van der Waals surface area contributed by atoms with E-state index < -0.39 is 0 Å². The number of ether oxygens (including phenoxy) is 1. The third-order valence-electron chi connectivity index (χ3n) is 1.38. The van der Waals surface area contributed by atoms with Crippen molar-refractivity contribution in [2.45, 2.75) is 20.3 Å². The van der Waals surface area contributed by atoms with Gasteiger partial charge in [-0.3, -0.25) is 0 Å². The van der Waals surface area contributed by atoms with E-state index in [1.165, 1.54) is 11.3 Å². The summed E-state index contributed by atoms with van der Waals surface area (Å²) in [6.07, 6.45) is 1.08. The summed E-state index contributed by atoms with van der Waals surface area (Å²) in [5, 5.41) is 2.67. The minimum absolute atomic E-state index is 0.688. The molecule has 0 saturated carbocycles. The van der Waals surface area contributed by atoms with E-state index in [2.05, 4.69) is 34.8 Å². The zero-order valence-electron chi connectivity index (χ0n) is 7.21. The molecule has 2 nitrogen and oxygen atoms in total. The molecule has 0 unspecified atom stereocenters. The van der Waals surface area contributed by atoms with Crippen molar-refractivity contribution < 1.29 is 4.74 Å². The second-order valence-electron chi connectivity index (χ2n) is 2.97. The Morgan fingerprint density at radius 3 is 2.92 bits per heavy atom. The standard InChI is InChI=1S/C8H12BrNOS/c1-6(2)3-4-11-8-10-7(9)5-12-8/h5-6H,3-4H2,1-2H3. The molecule has 1 aromatic heterocycles. The molecule has 0 radical (unpaired) electrons. The van der Waals surface area contributed by atoms with Gasteiger partial charge in [0.15, 0.2) is 0 Å². The molecule has 0 aliphatic heterocycles. The van der Waals surface area contributed by atoms with Crippen molar-refractivity contribution in [2.75, 3.05) is 6.61 Å². The fraction of sp³-hybridized carbons (Fsp3) is 0.625. The number of nitrogens with zero attached hydrogens (tertiary/aromatic N) is 1. The van der Waals surface area contributed by atoms with Crippen LogP contribution in [0.1, 0.15) is 20.3 Å². The predicted octanol–water partition coefficient (Wildman–Crippen LogP) is 3.33. The van der Waals surface area contributed by atoms with E-state index in [0.717, 1.165) is 22.8 Å². The largest absolute Gasteiger partial charge is 0.470 e. The fourth-order valence-corrected chi connectivity index (χ4v) is 1.80. The first-order valence-corrected chi connectivity index (χ1v) is 5.59. The normalized spacial score (nSPS) is 10.7. The Hall–Kier alpha value is -0.0900. The summed E-state index contributed by atoms with van der Waals surface area (Å²) >= 11 is 4.79. The molecule has 1 heterocycles. The van der Waals surface area contributed by atoms with Gasteiger partial charge in [0.2, 0.25) is 0 Å². The van der Waals surface area contributed by atoms with Gasteiger partial charge in [-0.1, -0.05) is 25.2 Å². The Kier molecular flexibility index (Phi) is 4.01. The van der Waals surface area contributed by atoms with E-state index in [4.69, 9.17) is 4.74 Å². The molecule has 0 aromatic carbocycles. The van der Waals surface area contributed by atoms with Crippen molar-refractivity contribution in [1.82, 2.24) is 4.98 Å². The van der Waals surface area contributed by atoms with Crippen LogP contribution in [0.3, 0.4) is 0 Å². The quantitative estimate of drug-likeness (QED) is 0.817. The Balaban J connectivity index is 2.24. The van der Waals surface area contributed by atoms with E-state index in [1.807, 2.05) is 5.38 Å². The van der Waals surface area contributed by atoms with Gasteiger partial charge in [-0.25, -0.2) is 0 Å². The first-order chi connectivity index (χ1) is 5.68. The first-order valence-electron chi connectivity index (χ1n) is 3.92. The molecule has 0 N–H and O–H groups in total. The van der Waals surface area contributed by atoms with Gasteiger partial charge in [-0.2, -0.15) is 4.98 Å². The Morgan fingerprint density at radius 2 is 2.42 bits per heavy atom. The van der Waals surface area contributed by atoms with Crippen LogP contribution in [-0.2, 0) is 0 Å². The van der Waals surface area contributed by atoms with Gasteiger partial charge >= 0.3 is 0 Å². The van der Waals surface area contributed by atoms with Gasteiger partial charge in [0.1, 0.15) is 4.60 Å². The number of thiazole rings is 1. The van der Waals surface area contributed by atoms with Crippen molar-refractivity contribution in [3.8, 4) is 5.19 Å². The summed E-state index contributed by atoms with van der Waals surface area (Å²) in [4.78, 5) is 4.12. The summed E-state index contributed by atoms with van der Waals surface area (Å²) in [5.41, 5.74) is 0. The lowest BCUT2D eigenvalue weighted by Crippen LogP contribution is -2.00. The minimum Gasteiger partial charge on any atom is -0.470 e. The fourth-order valence-electron chi connectivity index (χ4n) is 0.687. The van der Waals surface area contributed by atoms with Gasteiger partial charge in [-0.05, 0) is 28.3 Å². The maximum absolute atomic E-state index is 5.42. The molecular weight excluding hydrogens is 238 g/mol. The van der Waals surface area contributed by atoms with Gasteiger partial charge < -0.3 is 4.74 Å². The topological polar surface area (TPSA) is 22.1 Å². The van der Waals surface area contributed by atoms with Crippen molar-refractivity contribution >= 4 is 27.3 Å². The van der Waals surface area contributed by atoms with Crippen LogP contribution in [0.25, 0.3) is 0 Å². The smallest absolute Gasteiger partial charge is 0.274 e. The summed E-state index contributed by atoms with van der Waals surface area (Å²) in [6.45, 7) is 5.12. The molecule has 0 fully saturated rings. The van der Waals surface area contributed by atoms with Gasteiger partial charge in [0.25, 0.3) is 5.19 Å². The highest BCUT2D eigenvalue weighted by molar-refractivity contribution is 9.10. The van der Waals surface area contributed by atoms with E-state index in [-0.39, 0.29) is 0 Å². The zero-order valence-corrected chi connectivity index (χ0v) is 9.61. The molecule has 1 rings (SSSR count). The van der Waals surface area contributed by atoms with E-state index in [1.54, 1.807) is 0 Å². The van der Waals surface area contributed by atoms with Crippen molar-refractivity contribution in [3.05, 3.63) is 9.98 Å². The Bertz CT molecular complexity index is 237. The van der Waals surface area contributed by atoms with Gasteiger partial charge in [0, 0.05) is 5.38 Å². The highest BCUT2D eigenvalue weighted by Crippen LogP contribution is 2.21. The monoisotopic (exact) mass is 249 g/mol. The van der Waals surface area contributed by atoms with Crippen LogP contribution in [0.4, 0.5) is 0 Å². The number of aromatic nitrogens is 1. The molecule has 0 bridgehead atoms. The second-order valence-corrected chi connectivity index (χ2v) is 4.60. The number of hydrogen-bond acceptors (Lipinski definition) is 3. The van der Waals surface area contributed by atoms with Crippen LogP contribution >= 0.6 is 27.3 Å². The third kappa shape index (κ3) is 3.54. The third-order valence-corrected chi connectivity index (χ3v) is 2.84. The molecule has 12 heavy (non-hydrogen) atoms. The maximum atomic E-state index is 5.42. The molecule has 1 aromatic rings. The lowest BCUT2D eigenvalue weighted by molar-refractivity contribution is 0.288. The average Bonchev–Trinajstić information content (AvgIpc) is 2.35. The van der Waals surface area contributed by atoms with Crippen molar-refractivity contribution in [3.63, 3.8) is 0 Å². The van der Waals surface area contributed by atoms with Crippen LogP contribution in [0.5, 0.6) is 5.19 Å². The SMILES string of the molecule is CC(C)CCOc1nc(Br)cs1. The molecule has 68 valence electrons.